The van der Waals surface area contributed by atoms with E-state index in [-0.39, 0.29) is 17.7 Å². The van der Waals surface area contributed by atoms with Gasteiger partial charge in [-0.3, -0.25) is 25.4 Å². The first-order valence-corrected chi connectivity index (χ1v) is 9.62. The molecule has 1 aromatic heterocycles. The number of likely N-dealkylation sites (tertiary alicyclic amines) is 2. The highest BCUT2D eigenvalue weighted by atomic mass is 16.2. The largest absolute Gasteiger partial charge is 0.342 e. The molecule has 0 radical (unpaired) electrons. The molecule has 0 aromatic carbocycles. The predicted molar refractivity (Wildman–Crippen MR) is 96.6 cm³/mol. The standard InChI is InChI=1S/C19H27N5O2/c1-2-16-15-12-23(8-5-17(15)22-21-16)19(26)14-9-18(25)24(11-14)10-13-3-6-20-7-4-13/h3-4,6-7,14-17,21-22H,2,5,8-12H2,1H3. The van der Waals surface area contributed by atoms with Crippen LogP contribution < -0.4 is 10.9 Å². The summed E-state index contributed by atoms with van der Waals surface area (Å²) in [7, 11) is 0. The fourth-order valence-corrected chi connectivity index (χ4v) is 4.55. The van der Waals surface area contributed by atoms with Gasteiger partial charge >= 0.3 is 0 Å². The highest BCUT2D eigenvalue weighted by Crippen LogP contribution is 2.29. The minimum absolute atomic E-state index is 0.0747. The molecular formula is C19H27N5O2. The van der Waals surface area contributed by atoms with Crippen molar-refractivity contribution in [2.75, 3.05) is 19.6 Å². The van der Waals surface area contributed by atoms with E-state index in [1.807, 2.05) is 17.0 Å². The van der Waals surface area contributed by atoms with Crippen molar-refractivity contribution in [3.63, 3.8) is 0 Å². The van der Waals surface area contributed by atoms with Gasteiger partial charge in [-0.1, -0.05) is 6.92 Å². The topological polar surface area (TPSA) is 77.6 Å². The molecule has 4 heterocycles. The van der Waals surface area contributed by atoms with E-state index >= 15 is 0 Å². The lowest BCUT2D eigenvalue weighted by atomic mass is 9.86. The summed E-state index contributed by atoms with van der Waals surface area (Å²) in [6, 6.07) is 4.71. The van der Waals surface area contributed by atoms with E-state index in [1.54, 1.807) is 17.3 Å². The second kappa shape index (κ2) is 7.32. The predicted octanol–water partition coefficient (Wildman–Crippen LogP) is 0.534. The average Bonchev–Trinajstić information content (AvgIpc) is 3.25. The Balaban J connectivity index is 1.37. The van der Waals surface area contributed by atoms with Crippen molar-refractivity contribution >= 4 is 11.8 Å². The molecule has 2 N–H and O–H groups in total. The number of fused-ring (bicyclic) bond motifs is 1. The molecule has 4 rings (SSSR count). The van der Waals surface area contributed by atoms with Crippen LogP contribution >= 0.6 is 0 Å². The van der Waals surface area contributed by atoms with Crippen LogP contribution in [-0.2, 0) is 16.1 Å². The summed E-state index contributed by atoms with van der Waals surface area (Å²) in [5.74, 6) is 0.479. The summed E-state index contributed by atoms with van der Waals surface area (Å²) in [6.45, 7) is 4.83. The van der Waals surface area contributed by atoms with Gasteiger partial charge in [0, 0.05) is 63.0 Å². The van der Waals surface area contributed by atoms with Crippen LogP contribution in [0.2, 0.25) is 0 Å². The molecular weight excluding hydrogens is 330 g/mol. The fraction of sp³-hybridized carbons (Fsp3) is 0.632. The molecule has 140 valence electrons. The molecule has 0 saturated carbocycles. The zero-order chi connectivity index (χ0) is 18.1. The summed E-state index contributed by atoms with van der Waals surface area (Å²) in [6.07, 6.45) is 5.83. The van der Waals surface area contributed by atoms with E-state index in [0.29, 0.717) is 37.5 Å². The molecule has 3 aliphatic rings. The fourth-order valence-electron chi connectivity index (χ4n) is 4.55. The van der Waals surface area contributed by atoms with Gasteiger partial charge in [0.25, 0.3) is 0 Å². The molecule has 4 atom stereocenters. The lowest BCUT2D eigenvalue weighted by Crippen LogP contribution is -2.50. The number of aromatic nitrogens is 1. The maximum Gasteiger partial charge on any atom is 0.228 e. The number of rotatable bonds is 4. The number of carbonyl (C=O) groups is 2. The molecule has 3 fully saturated rings. The van der Waals surface area contributed by atoms with Gasteiger partial charge < -0.3 is 9.80 Å². The van der Waals surface area contributed by atoms with E-state index in [0.717, 1.165) is 31.5 Å². The minimum Gasteiger partial charge on any atom is -0.342 e. The van der Waals surface area contributed by atoms with Gasteiger partial charge in [-0.2, -0.15) is 0 Å². The number of amides is 2. The van der Waals surface area contributed by atoms with Crippen molar-refractivity contribution in [2.45, 2.75) is 44.8 Å². The lowest BCUT2D eigenvalue weighted by molar-refractivity contribution is -0.137. The maximum absolute atomic E-state index is 13.0. The second-order valence-electron chi connectivity index (χ2n) is 7.68. The SMILES string of the molecule is CCC1NNC2CCN(C(=O)C3CC(=O)N(Cc4ccncc4)C3)CC12. The maximum atomic E-state index is 13.0. The zero-order valence-corrected chi connectivity index (χ0v) is 15.2. The molecule has 0 aliphatic carbocycles. The Labute approximate surface area is 154 Å². The molecule has 7 heteroatoms. The Hall–Kier alpha value is -1.99. The van der Waals surface area contributed by atoms with Crippen molar-refractivity contribution < 1.29 is 9.59 Å². The van der Waals surface area contributed by atoms with Gasteiger partial charge in [0.2, 0.25) is 11.8 Å². The van der Waals surface area contributed by atoms with Crippen LogP contribution in [0.5, 0.6) is 0 Å². The van der Waals surface area contributed by atoms with Crippen LogP contribution in [0.25, 0.3) is 0 Å². The quantitative estimate of drug-likeness (QED) is 0.822. The number of nitrogens with one attached hydrogen (secondary N) is 2. The van der Waals surface area contributed by atoms with Crippen LogP contribution in [0.4, 0.5) is 0 Å². The third-order valence-electron chi connectivity index (χ3n) is 6.07. The molecule has 7 nitrogen and oxygen atoms in total. The van der Waals surface area contributed by atoms with Crippen LogP contribution in [0, 0.1) is 11.8 Å². The first-order valence-electron chi connectivity index (χ1n) is 9.62. The first-order chi connectivity index (χ1) is 12.7. The van der Waals surface area contributed by atoms with E-state index < -0.39 is 0 Å². The van der Waals surface area contributed by atoms with Gasteiger partial charge in [-0.25, -0.2) is 0 Å². The normalized spacial score (nSPS) is 31.3. The zero-order valence-electron chi connectivity index (χ0n) is 15.2. The van der Waals surface area contributed by atoms with Crippen molar-refractivity contribution in [2.24, 2.45) is 11.8 Å². The van der Waals surface area contributed by atoms with Gasteiger partial charge in [0.1, 0.15) is 0 Å². The van der Waals surface area contributed by atoms with E-state index in [4.69, 9.17) is 0 Å². The molecule has 0 bridgehead atoms. The van der Waals surface area contributed by atoms with Crippen LogP contribution in [-0.4, -0.2) is 58.3 Å². The number of pyridine rings is 1. The Morgan fingerprint density at radius 2 is 2.08 bits per heavy atom. The molecule has 26 heavy (non-hydrogen) atoms. The van der Waals surface area contributed by atoms with Crippen molar-refractivity contribution in [3.05, 3.63) is 30.1 Å². The highest BCUT2D eigenvalue weighted by Gasteiger charge is 2.43. The molecule has 2 amide bonds. The second-order valence-corrected chi connectivity index (χ2v) is 7.68. The first kappa shape index (κ1) is 17.4. The molecule has 3 aliphatic heterocycles. The lowest BCUT2D eigenvalue weighted by Gasteiger charge is -2.37. The van der Waals surface area contributed by atoms with Gasteiger partial charge in [-0.05, 0) is 30.5 Å². The van der Waals surface area contributed by atoms with Gasteiger partial charge in [-0.15, -0.1) is 0 Å². The van der Waals surface area contributed by atoms with Crippen LogP contribution in [0.15, 0.2) is 24.5 Å². The van der Waals surface area contributed by atoms with Crippen LogP contribution in [0.3, 0.4) is 0 Å². The molecule has 3 saturated heterocycles. The number of piperidine rings is 1. The van der Waals surface area contributed by atoms with Crippen molar-refractivity contribution in [3.8, 4) is 0 Å². The van der Waals surface area contributed by atoms with Crippen molar-refractivity contribution in [1.29, 1.82) is 0 Å². The van der Waals surface area contributed by atoms with Crippen LogP contribution in [0.1, 0.15) is 31.7 Å². The minimum atomic E-state index is -0.205. The van der Waals surface area contributed by atoms with E-state index in [1.165, 1.54) is 0 Å². The number of hydrogen-bond donors (Lipinski definition) is 2. The number of nitrogens with zero attached hydrogens (tertiary/aromatic N) is 3. The summed E-state index contributed by atoms with van der Waals surface area (Å²) >= 11 is 0. The Morgan fingerprint density at radius 1 is 1.27 bits per heavy atom. The Morgan fingerprint density at radius 3 is 2.85 bits per heavy atom. The molecule has 0 spiro atoms. The average molecular weight is 357 g/mol. The number of hydrogen-bond acceptors (Lipinski definition) is 5. The Bertz CT molecular complexity index is 661. The van der Waals surface area contributed by atoms with Gasteiger partial charge in [0.05, 0.1) is 5.92 Å². The summed E-state index contributed by atoms with van der Waals surface area (Å²) in [5, 5.41) is 0. The summed E-state index contributed by atoms with van der Waals surface area (Å²) in [5.41, 5.74) is 7.79. The molecule has 4 unspecified atom stereocenters. The summed E-state index contributed by atoms with van der Waals surface area (Å²) in [4.78, 5) is 33.2. The molecule has 1 aromatic rings. The third-order valence-corrected chi connectivity index (χ3v) is 6.07. The smallest absolute Gasteiger partial charge is 0.228 e. The Kier molecular flexibility index (Phi) is 4.91. The van der Waals surface area contributed by atoms with E-state index in [2.05, 4.69) is 22.8 Å². The monoisotopic (exact) mass is 357 g/mol. The number of carbonyl (C=O) groups excluding carboxylic acids is 2. The summed E-state index contributed by atoms with van der Waals surface area (Å²) < 4.78 is 0. The van der Waals surface area contributed by atoms with E-state index in [9.17, 15) is 9.59 Å². The van der Waals surface area contributed by atoms with Crippen molar-refractivity contribution in [1.82, 2.24) is 25.6 Å². The number of hydrazine groups is 1. The van der Waals surface area contributed by atoms with Gasteiger partial charge in [0.15, 0.2) is 0 Å². The third kappa shape index (κ3) is 3.33. The highest BCUT2D eigenvalue weighted by molar-refractivity contribution is 5.89.